The van der Waals surface area contributed by atoms with Gasteiger partial charge in [-0.3, -0.25) is 9.59 Å². The van der Waals surface area contributed by atoms with Gasteiger partial charge in [0.05, 0.1) is 23.0 Å². The standard InChI is InChI=1S/C14H19N3O5S/c1-6(18)10-8-5-9(11(14(21)22)17(8)13(10)20)23-7(2)12(19)16-4-3-15/h6,8,10,18H,2-5,15H2,1H3,(H,16,19)(H,21,22)/t6-,8+,10-/m0/s1. The van der Waals surface area contributed by atoms with Gasteiger partial charge in [0, 0.05) is 24.4 Å². The number of carbonyl (C=O) groups excluding carboxylic acids is 2. The van der Waals surface area contributed by atoms with E-state index in [4.69, 9.17) is 5.73 Å². The third-order valence-corrected chi connectivity index (χ3v) is 4.86. The lowest BCUT2D eigenvalue weighted by atomic mass is 9.83. The number of thioether (sulfide) groups is 1. The molecule has 2 rings (SSSR count). The van der Waals surface area contributed by atoms with Crippen molar-refractivity contribution in [2.45, 2.75) is 25.5 Å². The van der Waals surface area contributed by atoms with Crippen LogP contribution in [0.2, 0.25) is 0 Å². The molecule has 0 saturated carbocycles. The Morgan fingerprint density at radius 2 is 2.22 bits per heavy atom. The average Bonchev–Trinajstić information content (AvgIpc) is 2.78. The molecule has 0 spiro atoms. The second-order valence-electron chi connectivity index (χ2n) is 5.39. The first-order chi connectivity index (χ1) is 10.8. The average molecular weight is 341 g/mol. The summed E-state index contributed by atoms with van der Waals surface area (Å²) in [5.41, 5.74) is 5.17. The van der Waals surface area contributed by atoms with E-state index in [0.717, 1.165) is 11.8 Å². The normalized spacial score (nSPS) is 24.1. The van der Waals surface area contributed by atoms with Crippen LogP contribution in [0, 0.1) is 5.92 Å². The van der Waals surface area contributed by atoms with Crippen molar-refractivity contribution in [2.24, 2.45) is 11.7 Å². The Morgan fingerprint density at radius 1 is 1.57 bits per heavy atom. The lowest BCUT2D eigenvalue weighted by Gasteiger charge is -2.44. The van der Waals surface area contributed by atoms with Crippen molar-refractivity contribution >= 4 is 29.5 Å². The number of amides is 2. The zero-order valence-corrected chi connectivity index (χ0v) is 13.4. The van der Waals surface area contributed by atoms with Crippen LogP contribution in [0.5, 0.6) is 0 Å². The van der Waals surface area contributed by atoms with Crippen LogP contribution in [-0.4, -0.2) is 58.1 Å². The molecule has 0 unspecified atom stereocenters. The van der Waals surface area contributed by atoms with E-state index in [-0.39, 0.29) is 29.6 Å². The van der Waals surface area contributed by atoms with Gasteiger partial charge < -0.3 is 26.2 Å². The number of β-lactam (4-membered cyclic amide) rings is 1. The number of aliphatic hydroxyl groups is 1. The maximum atomic E-state index is 12.0. The molecule has 0 radical (unpaired) electrons. The number of nitrogens with zero attached hydrogens (tertiary/aromatic N) is 1. The number of nitrogens with two attached hydrogens (primary N) is 1. The van der Waals surface area contributed by atoms with Crippen molar-refractivity contribution in [3.63, 3.8) is 0 Å². The van der Waals surface area contributed by atoms with Gasteiger partial charge in [0.25, 0.3) is 5.91 Å². The Balaban J connectivity index is 2.15. The molecule has 0 bridgehead atoms. The van der Waals surface area contributed by atoms with Gasteiger partial charge in [-0.25, -0.2) is 4.79 Å². The summed E-state index contributed by atoms with van der Waals surface area (Å²) in [5.74, 6) is -2.68. The first-order valence-corrected chi connectivity index (χ1v) is 7.93. The van der Waals surface area contributed by atoms with E-state index in [2.05, 4.69) is 11.9 Å². The SMILES string of the molecule is C=C(SC1=C(C(=O)O)N2C(=O)[C@@H]([C@H](C)O)[C@H]2C1)C(=O)NCCN. The van der Waals surface area contributed by atoms with E-state index in [1.165, 1.54) is 11.8 Å². The van der Waals surface area contributed by atoms with E-state index in [9.17, 15) is 24.6 Å². The fraction of sp³-hybridized carbons (Fsp3) is 0.500. The van der Waals surface area contributed by atoms with Crippen molar-refractivity contribution in [3.05, 3.63) is 22.1 Å². The predicted octanol–water partition coefficient (Wildman–Crippen LogP) is -0.784. The largest absolute Gasteiger partial charge is 0.477 e. The van der Waals surface area contributed by atoms with Crippen molar-refractivity contribution in [3.8, 4) is 0 Å². The number of nitrogens with one attached hydrogen (secondary N) is 1. The van der Waals surface area contributed by atoms with E-state index >= 15 is 0 Å². The summed E-state index contributed by atoms with van der Waals surface area (Å²) in [6.45, 7) is 5.72. The van der Waals surface area contributed by atoms with Crippen LogP contribution in [0.1, 0.15) is 13.3 Å². The molecule has 2 heterocycles. The van der Waals surface area contributed by atoms with E-state index in [1.807, 2.05) is 0 Å². The highest BCUT2D eigenvalue weighted by atomic mass is 32.2. The molecule has 23 heavy (non-hydrogen) atoms. The molecule has 8 nitrogen and oxygen atoms in total. The quantitative estimate of drug-likeness (QED) is 0.352. The maximum Gasteiger partial charge on any atom is 0.353 e. The molecule has 1 fully saturated rings. The highest BCUT2D eigenvalue weighted by molar-refractivity contribution is 8.07. The Labute approximate surface area is 137 Å². The fourth-order valence-electron chi connectivity index (χ4n) is 2.80. The summed E-state index contributed by atoms with van der Waals surface area (Å²) in [5, 5.41) is 21.6. The smallest absolute Gasteiger partial charge is 0.353 e. The van der Waals surface area contributed by atoms with Crippen LogP contribution in [0.3, 0.4) is 0 Å². The highest BCUT2D eigenvalue weighted by Gasteiger charge is 2.56. The molecule has 9 heteroatoms. The maximum absolute atomic E-state index is 12.0. The number of hydrogen-bond donors (Lipinski definition) is 4. The molecule has 0 aromatic rings. The number of carbonyl (C=O) groups is 3. The molecule has 1 saturated heterocycles. The minimum atomic E-state index is -1.23. The summed E-state index contributed by atoms with van der Waals surface area (Å²) in [7, 11) is 0. The summed E-state index contributed by atoms with van der Waals surface area (Å²) >= 11 is 0.941. The van der Waals surface area contributed by atoms with Gasteiger partial charge in [-0.05, 0) is 6.92 Å². The molecule has 2 aliphatic rings. The number of aliphatic hydroxyl groups excluding tert-OH is 1. The molecule has 126 valence electrons. The third kappa shape index (κ3) is 3.12. The zero-order chi connectivity index (χ0) is 17.3. The van der Waals surface area contributed by atoms with Crippen molar-refractivity contribution in [1.82, 2.24) is 10.2 Å². The monoisotopic (exact) mass is 341 g/mol. The minimum absolute atomic E-state index is 0.130. The Kier molecular flexibility index (Phi) is 5.12. The van der Waals surface area contributed by atoms with Crippen LogP contribution in [0.15, 0.2) is 22.1 Å². The van der Waals surface area contributed by atoms with Crippen LogP contribution in [-0.2, 0) is 14.4 Å². The summed E-state index contributed by atoms with van der Waals surface area (Å²) in [4.78, 5) is 37.0. The predicted molar refractivity (Wildman–Crippen MR) is 83.9 cm³/mol. The Morgan fingerprint density at radius 3 is 2.74 bits per heavy atom. The number of carboxylic acids is 1. The lowest BCUT2D eigenvalue weighted by Crippen LogP contribution is -2.61. The molecule has 0 aromatic heterocycles. The van der Waals surface area contributed by atoms with Crippen molar-refractivity contribution in [1.29, 1.82) is 0 Å². The van der Waals surface area contributed by atoms with Gasteiger partial charge in [-0.1, -0.05) is 18.3 Å². The molecule has 2 amide bonds. The van der Waals surface area contributed by atoms with Gasteiger partial charge in [-0.2, -0.15) is 0 Å². The number of aliphatic carboxylic acids is 1. The fourth-order valence-corrected chi connectivity index (χ4v) is 3.80. The Hall–Kier alpha value is -1.84. The topological polar surface area (TPSA) is 133 Å². The van der Waals surface area contributed by atoms with Crippen molar-refractivity contribution in [2.75, 3.05) is 13.1 Å². The first kappa shape index (κ1) is 17.5. The minimum Gasteiger partial charge on any atom is -0.477 e. The van der Waals surface area contributed by atoms with Gasteiger partial charge in [0.1, 0.15) is 5.70 Å². The molecule has 5 N–H and O–H groups in total. The summed E-state index contributed by atoms with van der Waals surface area (Å²) < 4.78 is 0. The third-order valence-electron chi connectivity index (χ3n) is 3.82. The highest BCUT2D eigenvalue weighted by Crippen LogP contribution is 2.48. The van der Waals surface area contributed by atoms with Gasteiger partial charge in [-0.15, -0.1) is 0 Å². The molecule has 0 aliphatic carbocycles. The van der Waals surface area contributed by atoms with E-state index in [0.29, 0.717) is 11.4 Å². The second-order valence-corrected chi connectivity index (χ2v) is 6.58. The lowest BCUT2D eigenvalue weighted by molar-refractivity contribution is -0.161. The van der Waals surface area contributed by atoms with Gasteiger partial charge in [0.2, 0.25) is 5.91 Å². The van der Waals surface area contributed by atoms with Crippen LogP contribution < -0.4 is 11.1 Å². The van der Waals surface area contributed by atoms with Crippen LogP contribution >= 0.6 is 11.8 Å². The summed E-state index contributed by atoms with van der Waals surface area (Å²) in [6, 6.07) is -0.379. The van der Waals surface area contributed by atoms with Crippen LogP contribution in [0.4, 0.5) is 0 Å². The molecule has 2 aliphatic heterocycles. The molecule has 3 atom stereocenters. The van der Waals surface area contributed by atoms with Crippen molar-refractivity contribution < 1.29 is 24.6 Å². The Bertz CT molecular complexity index is 601. The molecular weight excluding hydrogens is 322 g/mol. The van der Waals surface area contributed by atoms with Gasteiger partial charge in [0.15, 0.2) is 0 Å². The van der Waals surface area contributed by atoms with E-state index in [1.54, 1.807) is 0 Å². The summed E-state index contributed by atoms with van der Waals surface area (Å²) in [6.07, 6.45) is -0.559. The number of hydrogen-bond acceptors (Lipinski definition) is 6. The first-order valence-electron chi connectivity index (χ1n) is 7.12. The second kappa shape index (κ2) is 6.73. The van der Waals surface area contributed by atoms with Gasteiger partial charge >= 0.3 is 5.97 Å². The molecule has 0 aromatic carbocycles. The molecular formula is C14H19N3O5S. The number of fused-ring (bicyclic) bond motifs is 1. The zero-order valence-electron chi connectivity index (χ0n) is 12.6. The van der Waals surface area contributed by atoms with E-state index < -0.39 is 29.8 Å². The number of rotatable bonds is 7. The number of carboxylic acid groups (broad SMARTS) is 1. The van der Waals surface area contributed by atoms with Crippen LogP contribution in [0.25, 0.3) is 0 Å².